The molecular formula is C8H7BrClN3. The van der Waals surface area contributed by atoms with Crippen LogP contribution in [0.2, 0.25) is 5.02 Å². The summed E-state index contributed by atoms with van der Waals surface area (Å²) in [4.78, 5) is 4.04. The van der Waals surface area contributed by atoms with Crippen molar-refractivity contribution in [2.75, 3.05) is 0 Å². The van der Waals surface area contributed by atoms with E-state index in [0.717, 1.165) is 4.47 Å². The van der Waals surface area contributed by atoms with Crippen molar-refractivity contribution >= 4 is 27.5 Å². The molecule has 0 aromatic carbocycles. The molecule has 5 heteroatoms. The van der Waals surface area contributed by atoms with Gasteiger partial charge in [0.05, 0.1) is 29.2 Å². The van der Waals surface area contributed by atoms with Crippen molar-refractivity contribution in [3.63, 3.8) is 0 Å². The largest absolute Gasteiger partial charge is 0.322 e. The molecule has 0 saturated heterocycles. The predicted octanol–water partition coefficient (Wildman–Crippen LogP) is 2.41. The molecule has 3 nitrogen and oxygen atoms in total. The van der Waals surface area contributed by atoms with Gasteiger partial charge >= 0.3 is 0 Å². The van der Waals surface area contributed by atoms with Gasteiger partial charge in [0.1, 0.15) is 0 Å². The zero-order chi connectivity index (χ0) is 9.84. The van der Waals surface area contributed by atoms with E-state index in [1.54, 1.807) is 12.3 Å². The number of halogens is 2. The summed E-state index contributed by atoms with van der Waals surface area (Å²) in [5.41, 5.74) is 6.23. The minimum Gasteiger partial charge on any atom is -0.322 e. The van der Waals surface area contributed by atoms with E-state index >= 15 is 0 Å². The zero-order valence-electron chi connectivity index (χ0n) is 6.67. The molecule has 0 aliphatic carbocycles. The van der Waals surface area contributed by atoms with Crippen LogP contribution in [0.15, 0.2) is 16.7 Å². The number of nitrogens with zero attached hydrogens (tertiary/aromatic N) is 2. The fourth-order valence-corrected chi connectivity index (χ4v) is 1.66. The third-order valence-electron chi connectivity index (χ3n) is 1.50. The highest BCUT2D eigenvalue weighted by Gasteiger charge is 2.11. The summed E-state index contributed by atoms with van der Waals surface area (Å²) in [6.07, 6.45) is 1.83. The van der Waals surface area contributed by atoms with Crippen molar-refractivity contribution in [3.05, 3.63) is 27.5 Å². The van der Waals surface area contributed by atoms with Crippen LogP contribution in [0.5, 0.6) is 0 Å². The number of nitrogens with two attached hydrogens (primary N) is 1. The van der Waals surface area contributed by atoms with Crippen LogP contribution in [0.4, 0.5) is 0 Å². The Labute approximate surface area is 89.6 Å². The molecule has 1 atom stereocenters. The van der Waals surface area contributed by atoms with Crippen molar-refractivity contribution in [1.29, 1.82) is 5.26 Å². The minimum absolute atomic E-state index is 0.217. The summed E-state index contributed by atoms with van der Waals surface area (Å²) in [5.74, 6) is 0. The van der Waals surface area contributed by atoms with E-state index in [4.69, 9.17) is 22.6 Å². The van der Waals surface area contributed by atoms with Gasteiger partial charge in [0, 0.05) is 10.7 Å². The van der Waals surface area contributed by atoms with E-state index in [1.807, 2.05) is 6.07 Å². The highest BCUT2D eigenvalue weighted by atomic mass is 79.9. The molecule has 13 heavy (non-hydrogen) atoms. The summed E-state index contributed by atoms with van der Waals surface area (Å²) in [6, 6.07) is 3.27. The molecule has 0 amide bonds. The molecule has 0 aliphatic heterocycles. The van der Waals surface area contributed by atoms with E-state index in [9.17, 15) is 0 Å². The maximum absolute atomic E-state index is 8.43. The topological polar surface area (TPSA) is 62.7 Å². The molecule has 0 spiro atoms. The smallest absolute Gasteiger partial charge is 0.0768 e. The molecule has 1 heterocycles. The normalized spacial score (nSPS) is 12.2. The molecule has 0 radical (unpaired) electrons. The van der Waals surface area contributed by atoms with Gasteiger partial charge in [0.25, 0.3) is 0 Å². The van der Waals surface area contributed by atoms with E-state index in [2.05, 4.69) is 20.9 Å². The van der Waals surface area contributed by atoms with Gasteiger partial charge in [-0.25, -0.2) is 0 Å². The number of hydrogen-bond acceptors (Lipinski definition) is 3. The highest BCUT2D eigenvalue weighted by Crippen LogP contribution is 2.23. The lowest BCUT2D eigenvalue weighted by Crippen LogP contribution is -2.11. The van der Waals surface area contributed by atoms with E-state index in [-0.39, 0.29) is 6.42 Å². The van der Waals surface area contributed by atoms with Gasteiger partial charge < -0.3 is 5.73 Å². The van der Waals surface area contributed by atoms with Crippen LogP contribution < -0.4 is 5.73 Å². The van der Waals surface area contributed by atoms with Crippen molar-refractivity contribution in [1.82, 2.24) is 4.98 Å². The molecule has 68 valence electrons. The van der Waals surface area contributed by atoms with Gasteiger partial charge in [-0.2, -0.15) is 5.26 Å². The van der Waals surface area contributed by atoms with Gasteiger partial charge in [-0.3, -0.25) is 4.98 Å². The van der Waals surface area contributed by atoms with Crippen LogP contribution in [0.25, 0.3) is 0 Å². The first-order valence-corrected chi connectivity index (χ1v) is 4.75. The van der Waals surface area contributed by atoms with Gasteiger partial charge in [-0.1, -0.05) is 11.6 Å². The number of rotatable bonds is 2. The van der Waals surface area contributed by atoms with E-state index < -0.39 is 6.04 Å². The van der Waals surface area contributed by atoms with E-state index in [1.165, 1.54) is 0 Å². The zero-order valence-corrected chi connectivity index (χ0v) is 9.01. The second kappa shape index (κ2) is 4.56. The first kappa shape index (κ1) is 10.5. The fourth-order valence-electron chi connectivity index (χ4n) is 0.893. The van der Waals surface area contributed by atoms with Gasteiger partial charge in [-0.05, 0) is 22.0 Å². The molecule has 0 aliphatic rings. The van der Waals surface area contributed by atoms with Gasteiger partial charge in [-0.15, -0.1) is 0 Å². The average molecular weight is 261 g/mol. The Morgan fingerprint density at radius 3 is 3.00 bits per heavy atom. The standard InChI is InChI=1S/C8H7BrClN3/c9-5-3-6(10)8(13-4-5)7(12)1-2-11/h3-4,7H,1,12H2/t7-/m1/s1. The van der Waals surface area contributed by atoms with Crippen molar-refractivity contribution < 1.29 is 0 Å². The van der Waals surface area contributed by atoms with Gasteiger partial charge in [0.2, 0.25) is 0 Å². The Hall–Kier alpha value is -0.630. The fraction of sp³-hybridized carbons (Fsp3) is 0.250. The summed E-state index contributed by atoms with van der Waals surface area (Å²) < 4.78 is 0.797. The number of hydrogen-bond donors (Lipinski definition) is 1. The Morgan fingerprint density at radius 1 is 1.77 bits per heavy atom. The summed E-state index contributed by atoms with van der Waals surface area (Å²) in [7, 11) is 0. The van der Waals surface area contributed by atoms with Crippen LogP contribution in [0.1, 0.15) is 18.2 Å². The Bertz CT molecular complexity index is 348. The lowest BCUT2D eigenvalue weighted by molar-refractivity contribution is 0.720. The van der Waals surface area contributed by atoms with Crippen LogP contribution in [-0.4, -0.2) is 4.98 Å². The monoisotopic (exact) mass is 259 g/mol. The molecule has 0 saturated carbocycles. The SMILES string of the molecule is N#CC[C@@H](N)c1ncc(Br)cc1Cl. The molecular weight excluding hydrogens is 253 g/mol. The lowest BCUT2D eigenvalue weighted by atomic mass is 10.1. The lowest BCUT2D eigenvalue weighted by Gasteiger charge is -2.08. The summed E-state index contributed by atoms with van der Waals surface area (Å²) in [6.45, 7) is 0. The maximum atomic E-state index is 8.43. The Kier molecular flexibility index (Phi) is 3.67. The Morgan fingerprint density at radius 2 is 2.46 bits per heavy atom. The average Bonchev–Trinajstić information content (AvgIpc) is 2.04. The maximum Gasteiger partial charge on any atom is 0.0768 e. The van der Waals surface area contributed by atoms with Crippen molar-refractivity contribution in [2.45, 2.75) is 12.5 Å². The molecule has 1 aromatic heterocycles. The van der Waals surface area contributed by atoms with Crippen LogP contribution in [-0.2, 0) is 0 Å². The second-order valence-corrected chi connectivity index (χ2v) is 3.81. The van der Waals surface area contributed by atoms with Crippen molar-refractivity contribution in [2.24, 2.45) is 5.73 Å². The summed E-state index contributed by atoms with van der Waals surface area (Å²) in [5, 5.41) is 8.92. The van der Waals surface area contributed by atoms with Crippen LogP contribution in [0, 0.1) is 11.3 Å². The molecule has 2 N–H and O–H groups in total. The molecule has 0 unspecified atom stereocenters. The minimum atomic E-state index is -0.411. The Balaban J connectivity index is 2.96. The third kappa shape index (κ3) is 2.66. The molecule has 0 fully saturated rings. The number of aromatic nitrogens is 1. The number of nitriles is 1. The van der Waals surface area contributed by atoms with Crippen LogP contribution >= 0.6 is 27.5 Å². The third-order valence-corrected chi connectivity index (χ3v) is 2.24. The molecule has 1 rings (SSSR count). The second-order valence-electron chi connectivity index (χ2n) is 2.49. The van der Waals surface area contributed by atoms with Gasteiger partial charge in [0.15, 0.2) is 0 Å². The molecule has 0 bridgehead atoms. The predicted molar refractivity (Wildman–Crippen MR) is 54.1 cm³/mol. The quantitative estimate of drug-likeness (QED) is 0.888. The first-order valence-electron chi connectivity index (χ1n) is 3.58. The molecule has 1 aromatic rings. The first-order chi connectivity index (χ1) is 6.15. The van der Waals surface area contributed by atoms with E-state index in [0.29, 0.717) is 10.7 Å². The highest BCUT2D eigenvalue weighted by molar-refractivity contribution is 9.10. The summed E-state index contributed by atoms with van der Waals surface area (Å²) >= 11 is 9.11. The number of pyridine rings is 1. The van der Waals surface area contributed by atoms with Crippen LogP contribution in [0.3, 0.4) is 0 Å². The van der Waals surface area contributed by atoms with Crippen molar-refractivity contribution in [3.8, 4) is 6.07 Å².